The molecule has 3 amide bonds. The van der Waals surface area contributed by atoms with Crippen LogP contribution in [0.1, 0.15) is 16.7 Å². The molecule has 7 nitrogen and oxygen atoms in total. The second-order valence-electron chi connectivity index (χ2n) is 6.70. The van der Waals surface area contributed by atoms with E-state index in [1.54, 1.807) is 24.3 Å². The monoisotopic (exact) mass is 410 g/mol. The molecular formula is C21H18N2O5S. The Morgan fingerprint density at radius 1 is 1.14 bits per heavy atom. The van der Waals surface area contributed by atoms with Gasteiger partial charge in [-0.05, 0) is 60.5 Å². The number of amides is 3. The number of fused-ring (bicyclic) bond motifs is 1. The summed E-state index contributed by atoms with van der Waals surface area (Å²) in [5, 5.41) is 2.32. The summed E-state index contributed by atoms with van der Waals surface area (Å²) in [7, 11) is 0. The Balaban J connectivity index is 1.47. The standard InChI is InChI=1S/C21H18N2O5S/c1-12-4-3-5-13(2)19(12)22-18(24)10-23-20(25)17(29-21(23)26)9-14-6-7-15-16(8-14)28-11-27-15/h3-9H,10-11H2,1-2H3,(H,22,24)/b17-9+. The molecule has 2 aromatic carbocycles. The molecule has 0 unspecified atom stereocenters. The van der Waals surface area contributed by atoms with E-state index in [-0.39, 0.29) is 18.2 Å². The van der Waals surface area contributed by atoms with E-state index < -0.39 is 17.1 Å². The van der Waals surface area contributed by atoms with Gasteiger partial charge in [-0.25, -0.2) is 0 Å². The molecule has 0 radical (unpaired) electrons. The summed E-state index contributed by atoms with van der Waals surface area (Å²) in [6.07, 6.45) is 1.61. The first-order valence-corrected chi connectivity index (χ1v) is 9.75. The Hall–Kier alpha value is -3.26. The molecule has 148 valence electrons. The summed E-state index contributed by atoms with van der Waals surface area (Å²) in [6.45, 7) is 3.59. The summed E-state index contributed by atoms with van der Waals surface area (Å²) in [5.74, 6) is 0.313. The Bertz CT molecular complexity index is 1040. The molecule has 0 atom stereocenters. The van der Waals surface area contributed by atoms with Crippen LogP contribution in [0.2, 0.25) is 0 Å². The SMILES string of the molecule is Cc1cccc(C)c1NC(=O)CN1C(=O)S/C(=C/c2ccc3c(c2)OCO3)C1=O. The van der Waals surface area contributed by atoms with Gasteiger partial charge < -0.3 is 14.8 Å². The zero-order valence-electron chi connectivity index (χ0n) is 15.9. The Labute approximate surface area is 171 Å². The zero-order valence-corrected chi connectivity index (χ0v) is 16.7. The van der Waals surface area contributed by atoms with Gasteiger partial charge in [0.05, 0.1) is 4.91 Å². The molecule has 1 saturated heterocycles. The number of ether oxygens (including phenoxy) is 2. The van der Waals surface area contributed by atoms with Gasteiger partial charge in [0.2, 0.25) is 12.7 Å². The van der Waals surface area contributed by atoms with E-state index in [0.717, 1.165) is 27.8 Å². The Kier molecular flexibility index (Phi) is 5.02. The minimum absolute atomic E-state index is 0.158. The number of hydrogen-bond donors (Lipinski definition) is 1. The first kappa shape index (κ1) is 19.1. The molecule has 1 N–H and O–H groups in total. The number of rotatable bonds is 4. The highest BCUT2D eigenvalue weighted by Crippen LogP contribution is 2.36. The topological polar surface area (TPSA) is 84.9 Å². The van der Waals surface area contributed by atoms with Gasteiger partial charge in [0.1, 0.15) is 6.54 Å². The molecule has 2 heterocycles. The number of nitrogens with one attached hydrogen (secondary N) is 1. The maximum absolute atomic E-state index is 12.7. The van der Waals surface area contributed by atoms with E-state index in [0.29, 0.717) is 22.7 Å². The van der Waals surface area contributed by atoms with Crippen LogP contribution in [0.25, 0.3) is 6.08 Å². The molecule has 1 fully saturated rings. The van der Waals surface area contributed by atoms with Crippen LogP contribution in [0, 0.1) is 13.8 Å². The molecule has 0 saturated carbocycles. The highest BCUT2D eigenvalue weighted by molar-refractivity contribution is 8.18. The van der Waals surface area contributed by atoms with Gasteiger partial charge in [-0.3, -0.25) is 19.3 Å². The van der Waals surface area contributed by atoms with Crippen LogP contribution in [0.4, 0.5) is 10.5 Å². The second-order valence-corrected chi connectivity index (χ2v) is 7.69. The summed E-state index contributed by atoms with van der Waals surface area (Å²) in [5.41, 5.74) is 3.23. The summed E-state index contributed by atoms with van der Waals surface area (Å²) in [6, 6.07) is 10.9. The van der Waals surface area contributed by atoms with Crippen LogP contribution < -0.4 is 14.8 Å². The summed E-state index contributed by atoms with van der Waals surface area (Å²) >= 11 is 0.811. The smallest absolute Gasteiger partial charge is 0.294 e. The molecule has 2 aromatic rings. The Morgan fingerprint density at radius 3 is 2.62 bits per heavy atom. The minimum Gasteiger partial charge on any atom is -0.454 e. The molecule has 0 spiro atoms. The van der Waals surface area contributed by atoms with Gasteiger partial charge in [-0.2, -0.15) is 0 Å². The zero-order chi connectivity index (χ0) is 20.5. The molecule has 0 aromatic heterocycles. The highest BCUT2D eigenvalue weighted by Gasteiger charge is 2.36. The molecule has 2 aliphatic rings. The third-order valence-electron chi connectivity index (χ3n) is 4.62. The molecule has 29 heavy (non-hydrogen) atoms. The van der Waals surface area contributed by atoms with Crippen LogP contribution in [0.5, 0.6) is 11.5 Å². The van der Waals surface area contributed by atoms with Gasteiger partial charge in [-0.1, -0.05) is 24.3 Å². The number of hydrogen-bond acceptors (Lipinski definition) is 6. The van der Waals surface area contributed by atoms with Crippen molar-refractivity contribution in [2.24, 2.45) is 0 Å². The van der Waals surface area contributed by atoms with Crippen molar-refractivity contribution >= 4 is 40.6 Å². The van der Waals surface area contributed by atoms with Crippen molar-refractivity contribution in [3.63, 3.8) is 0 Å². The average molecular weight is 410 g/mol. The molecule has 0 aliphatic carbocycles. The third-order valence-corrected chi connectivity index (χ3v) is 5.52. The van der Waals surface area contributed by atoms with Gasteiger partial charge in [-0.15, -0.1) is 0 Å². The fourth-order valence-corrected chi connectivity index (χ4v) is 3.96. The van der Waals surface area contributed by atoms with Crippen molar-refractivity contribution in [1.29, 1.82) is 0 Å². The van der Waals surface area contributed by atoms with Crippen molar-refractivity contribution in [2.75, 3.05) is 18.7 Å². The number of aryl methyl sites for hydroxylation is 2. The Morgan fingerprint density at radius 2 is 1.86 bits per heavy atom. The van der Waals surface area contributed by atoms with E-state index in [2.05, 4.69) is 5.32 Å². The van der Waals surface area contributed by atoms with Crippen molar-refractivity contribution in [3.05, 3.63) is 58.0 Å². The predicted molar refractivity (Wildman–Crippen MR) is 110 cm³/mol. The molecule has 8 heteroatoms. The van der Waals surface area contributed by atoms with E-state index in [4.69, 9.17) is 9.47 Å². The number of nitrogens with zero attached hydrogens (tertiary/aromatic N) is 1. The third kappa shape index (κ3) is 3.84. The fourth-order valence-electron chi connectivity index (χ4n) is 3.12. The first-order valence-electron chi connectivity index (χ1n) is 8.93. The minimum atomic E-state index is -0.491. The van der Waals surface area contributed by atoms with Crippen LogP contribution in [0.3, 0.4) is 0 Å². The van der Waals surface area contributed by atoms with Crippen molar-refractivity contribution < 1.29 is 23.9 Å². The lowest BCUT2D eigenvalue weighted by atomic mass is 10.1. The molecular weight excluding hydrogens is 392 g/mol. The maximum Gasteiger partial charge on any atom is 0.294 e. The van der Waals surface area contributed by atoms with Crippen LogP contribution in [-0.2, 0) is 9.59 Å². The van der Waals surface area contributed by atoms with Gasteiger partial charge in [0.25, 0.3) is 11.1 Å². The highest BCUT2D eigenvalue weighted by atomic mass is 32.2. The molecule has 4 rings (SSSR count). The molecule has 2 aliphatic heterocycles. The number of carbonyl (C=O) groups excluding carboxylic acids is 3. The van der Waals surface area contributed by atoms with Crippen molar-refractivity contribution in [2.45, 2.75) is 13.8 Å². The normalized spacial score (nSPS) is 16.6. The number of thioether (sulfide) groups is 1. The lowest BCUT2D eigenvalue weighted by molar-refractivity contribution is -0.127. The number of carbonyl (C=O) groups is 3. The quantitative estimate of drug-likeness (QED) is 0.774. The maximum atomic E-state index is 12.7. The van der Waals surface area contributed by atoms with Gasteiger partial charge in [0, 0.05) is 5.69 Å². The lowest BCUT2D eigenvalue weighted by Crippen LogP contribution is -2.36. The summed E-state index contributed by atoms with van der Waals surface area (Å²) < 4.78 is 10.6. The lowest BCUT2D eigenvalue weighted by Gasteiger charge is -2.15. The number of para-hydroxylation sites is 1. The summed E-state index contributed by atoms with van der Waals surface area (Å²) in [4.78, 5) is 38.6. The first-order chi connectivity index (χ1) is 13.9. The van der Waals surface area contributed by atoms with E-state index in [1.165, 1.54) is 0 Å². The van der Waals surface area contributed by atoms with Crippen molar-refractivity contribution in [3.8, 4) is 11.5 Å². The van der Waals surface area contributed by atoms with Gasteiger partial charge in [0.15, 0.2) is 11.5 Å². The van der Waals surface area contributed by atoms with Crippen molar-refractivity contribution in [1.82, 2.24) is 4.90 Å². The van der Waals surface area contributed by atoms with Crippen LogP contribution in [0.15, 0.2) is 41.3 Å². The fraction of sp³-hybridized carbons (Fsp3) is 0.190. The second kappa shape index (κ2) is 7.63. The van der Waals surface area contributed by atoms with Gasteiger partial charge >= 0.3 is 0 Å². The predicted octanol–water partition coefficient (Wildman–Crippen LogP) is 3.71. The van der Waals surface area contributed by atoms with E-state index in [9.17, 15) is 14.4 Å². The molecule has 0 bridgehead atoms. The number of imide groups is 1. The number of anilines is 1. The van der Waals surface area contributed by atoms with E-state index in [1.807, 2.05) is 32.0 Å². The van der Waals surface area contributed by atoms with Crippen LogP contribution in [-0.4, -0.2) is 35.3 Å². The average Bonchev–Trinajstić information content (AvgIpc) is 3.25. The number of benzene rings is 2. The largest absolute Gasteiger partial charge is 0.454 e. The van der Waals surface area contributed by atoms with Crippen LogP contribution >= 0.6 is 11.8 Å². The van der Waals surface area contributed by atoms with E-state index >= 15 is 0 Å².